The van der Waals surface area contributed by atoms with E-state index in [4.69, 9.17) is 20.4 Å². The summed E-state index contributed by atoms with van der Waals surface area (Å²) in [6, 6.07) is 0. The fraction of sp³-hybridized carbons (Fsp3) is 1.00. The molecule has 86 valence electrons. The normalized spacial score (nSPS) is 24.9. The zero-order chi connectivity index (χ0) is 11.5. The molecular formula is C8H18O6. The third-order valence-electron chi connectivity index (χ3n) is 2.04. The summed E-state index contributed by atoms with van der Waals surface area (Å²) in [7, 11) is 0. The van der Waals surface area contributed by atoms with Gasteiger partial charge in [0.25, 0.3) is 0 Å². The molecule has 0 aliphatic rings. The smallest absolute Gasteiger partial charge is 0.111 e. The summed E-state index contributed by atoms with van der Waals surface area (Å²) in [5.41, 5.74) is 0. The van der Waals surface area contributed by atoms with Gasteiger partial charge in [0.2, 0.25) is 0 Å². The first-order valence-electron chi connectivity index (χ1n) is 4.37. The van der Waals surface area contributed by atoms with Crippen molar-refractivity contribution >= 4 is 0 Å². The van der Waals surface area contributed by atoms with E-state index in [0.717, 1.165) is 0 Å². The van der Waals surface area contributed by atoms with Crippen molar-refractivity contribution in [1.29, 1.82) is 0 Å². The van der Waals surface area contributed by atoms with Crippen LogP contribution in [0.1, 0.15) is 13.8 Å². The molecule has 0 fully saturated rings. The Kier molecular flexibility index (Phi) is 5.50. The van der Waals surface area contributed by atoms with Gasteiger partial charge in [-0.1, -0.05) is 0 Å². The highest BCUT2D eigenvalue weighted by Gasteiger charge is 2.34. The molecule has 0 aliphatic carbocycles. The van der Waals surface area contributed by atoms with E-state index >= 15 is 0 Å². The van der Waals surface area contributed by atoms with Crippen LogP contribution in [-0.2, 0) is 0 Å². The Morgan fingerprint density at radius 1 is 0.500 bits per heavy atom. The molecule has 6 nitrogen and oxygen atoms in total. The summed E-state index contributed by atoms with van der Waals surface area (Å²) in [4.78, 5) is 0. The Morgan fingerprint density at radius 2 is 0.714 bits per heavy atom. The Morgan fingerprint density at radius 3 is 0.857 bits per heavy atom. The third kappa shape index (κ3) is 3.49. The summed E-state index contributed by atoms with van der Waals surface area (Å²) in [5, 5.41) is 54.6. The molecule has 0 radical (unpaired) electrons. The molecule has 0 amide bonds. The van der Waals surface area contributed by atoms with E-state index in [1.807, 2.05) is 0 Å². The highest BCUT2D eigenvalue weighted by Crippen LogP contribution is 2.10. The van der Waals surface area contributed by atoms with Gasteiger partial charge in [-0.3, -0.25) is 0 Å². The second kappa shape index (κ2) is 5.59. The second-order valence-corrected chi connectivity index (χ2v) is 3.44. The first kappa shape index (κ1) is 13.8. The molecular weight excluding hydrogens is 192 g/mol. The minimum atomic E-state index is -1.71. The Bertz CT molecular complexity index is 142. The van der Waals surface area contributed by atoms with Crippen LogP contribution >= 0.6 is 0 Å². The van der Waals surface area contributed by atoms with Crippen LogP contribution < -0.4 is 0 Å². The molecule has 0 saturated heterocycles. The van der Waals surface area contributed by atoms with Gasteiger partial charge in [0, 0.05) is 0 Å². The molecule has 0 rings (SSSR count). The molecule has 0 spiro atoms. The molecule has 2 unspecified atom stereocenters. The number of hydrogen-bond acceptors (Lipinski definition) is 6. The van der Waals surface area contributed by atoms with Crippen molar-refractivity contribution in [2.75, 3.05) is 0 Å². The van der Waals surface area contributed by atoms with Crippen LogP contribution in [0.15, 0.2) is 0 Å². The summed E-state index contributed by atoms with van der Waals surface area (Å²) in [6.07, 6.45) is -9.03. The van der Waals surface area contributed by atoms with Gasteiger partial charge in [-0.25, -0.2) is 0 Å². The van der Waals surface area contributed by atoms with Crippen molar-refractivity contribution in [2.24, 2.45) is 0 Å². The SMILES string of the molecule is CC(O)[C@@H](O)[C@@H](O)[C@H](O)[C@H](O)C(C)O. The predicted molar refractivity (Wildman–Crippen MR) is 47.4 cm³/mol. The zero-order valence-electron chi connectivity index (χ0n) is 8.15. The minimum absolute atomic E-state index is 1.23. The molecule has 0 bridgehead atoms. The topological polar surface area (TPSA) is 121 Å². The molecule has 0 saturated carbocycles. The van der Waals surface area contributed by atoms with Crippen LogP contribution in [0.25, 0.3) is 0 Å². The van der Waals surface area contributed by atoms with Crippen LogP contribution in [0, 0.1) is 0 Å². The van der Waals surface area contributed by atoms with Crippen LogP contribution in [0.3, 0.4) is 0 Å². The van der Waals surface area contributed by atoms with Crippen molar-refractivity contribution in [3.05, 3.63) is 0 Å². The number of rotatable bonds is 5. The molecule has 6 N–H and O–H groups in total. The lowest BCUT2D eigenvalue weighted by atomic mass is 9.97. The van der Waals surface area contributed by atoms with E-state index in [-0.39, 0.29) is 0 Å². The van der Waals surface area contributed by atoms with Crippen molar-refractivity contribution in [3.63, 3.8) is 0 Å². The van der Waals surface area contributed by atoms with E-state index in [0.29, 0.717) is 0 Å². The van der Waals surface area contributed by atoms with Crippen LogP contribution in [0.5, 0.6) is 0 Å². The predicted octanol–water partition coefficient (Wildman–Crippen LogP) is -2.81. The summed E-state index contributed by atoms with van der Waals surface area (Å²) < 4.78 is 0. The molecule has 0 aromatic heterocycles. The Balaban J connectivity index is 4.30. The van der Waals surface area contributed by atoms with Gasteiger partial charge < -0.3 is 30.6 Å². The highest BCUT2D eigenvalue weighted by atomic mass is 16.4. The van der Waals surface area contributed by atoms with E-state index in [2.05, 4.69) is 0 Å². The maximum absolute atomic E-state index is 9.24. The van der Waals surface area contributed by atoms with Crippen molar-refractivity contribution < 1.29 is 30.6 Å². The van der Waals surface area contributed by atoms with Crippen molar-refractivity contribution in [2.45, 2.75) is 50.5 Å². The highest BCUT2D eigenvalue weighted by molar-refractivity contribution is 4.85. The van der Waals surface area contributed by atoms with Gasteiger partial charge >= 0.3 is 0 Å². The largest absolute Gasteiger partial charge is 0.391 e. The van der Waals surface area contributed by atoms with Gasteiger partial charge in [0.15, 0.2) is 0 Å². The van der Waals surface area contributed by atoms with E-state index in [1.165, 1.54) is 13.8 Å². The first-order chi connectivity index (χ1) is 6.29. The van der Waals surface area contributed by atoms with Gasteiger partial charge in [-0.2, -0.15) is 0 Å². The average molecular weight is 210 g/mol. The van der Waals surface area contributed by atoms with Crippen molar-refractivity contribution in [1.82, 2.24) is 0 Å². The molecule has 0 aliphatic heterocycles. The third-order valence-corrected chi connectivity index (χ3v) is 2.04. The molecule has 14 heavy (non-hydrogen) atoms. The Hall–Kier alpha value is -0.240. The minimum Gasteiger partial charge on any atom is -0.391 e. The summed E-state index contributed by atoms with van der Waals surface area (Å²) >= 11 is 0. The lowest BCUT2D eigenvalue weighted by Gasteiger charge is -2.28. The average Bonchev–Trinajstić information content (AvgIpc) is 2.12. The van der Waals surface area contributed by atoms with Crippen LogP contribution in [0.2, 0.25) is 0 Å². The lowest BCUT2D eigenvalue weighted by molar-refractivity contribution is -0.148. The molecule has 6 atom stereocenters. The van der Waals surface area contributed by atoms with Gasteiger partial charge in [0.1, 0.15) is 24.4 Å². The molecule has 0 aromatic rings. The fourth-order valence-corrected chi connectivity index (χ4v) is 0.975. The quantitative estimate of drug-likeness (QED) is 0.291. The van der Waals surface area contributed by atoms with Gasteiger partial charge in [0.05, 0.1) is 12.2 Å². The first-order valence-corrected chi connectivity index (χ1v) is 4.37. The number of aliphatic hydroxyl groups excluding tert-OH is 6. The van der Waals surface area contributed by atoms with Crippen LogP contribution in [-0.4, -0.2) is 67.3 Å². The monoisotopic (exact) mass is 210 g/mol. The van der Waals surface area contributed by atoms with E-state index < -0.39 is 36.6 Å². The number of hydrogen-bond donors (Lipinski definition) is 6. The lowest BCUT2D eigenvalue weighted by Crippen LogP contribution is -2.51. The molecule has 6 heteroatoms. The fourth-order valence-electron chi connectivity index (χ4n) is 0.975. The maximum atomic E-state index is 9.24. The molecule has 0 aromatic carbocycles. The van der Waals surface area contributed by atoms with Gasteiger partial charge in [-0.15, -0.1) is 0 Å². The Labute approximate surface area is 82.1 Å². The van der Waals surface area contributed by atoms with E-state index in [1.54, 1.807) is 0 Å². The summed E-state index contributed by atoms with van der Waals surface area (Å²) in [6.45, 7) is 2.46. The van der Waals surface area contributed by atoms with Crippen LogP contribution in [0.4, 0.5) is 0 Å². The molecule has 0 heterocycles. The standard InChI is InChI=1S/C8H18O6/c1-3(9)5(11)7(13)8(14)6(12)4(2)10/h3-14H,1-2H3/t3?,4?,5-,6-,7-,8-/m1/s1. The maximum Gasteiger partial charge on any atom is 0.111 e. The van der Waals surface area contributed by atoms with E-state index in [9.17, 15) is 10.2 Å². The van der Waals surface area contributed by atoms with Crippen molar-refractivity contribution in [3.8, 4) is 0 Å². The number of aliphatic hydroxyl groups is 6. The van der Waals surface area contributed by atoms with Gasteiger partial charge in [-0.05, 0) is 13.8 Å². The summed E-state index contributed by atoms with van der Waals surface area (Å²) in [5.74, 6) is 0. The zero-order valence-corrected chi connectivity index (χ0v) is 8.15. The second-order valence-electron chi connectivity index (χ2n) is 3.44.